The first-order chi connectivity index (χ1) is 11.5. The van der Waals surface area contributed by atoms with E-state index in [0.29, 0.717) is 30.9 Å². The topological polar surface area (TPSA) is 63.2 Å². The van der Waals surface area contributed by atoms with Gasteiger partial charge in [-0.1, -0.05) is 6.92 Å². The Bertz CT molecular complexity index is 793. The molecule has 0 radical (unpaired) electrons. The number of benzene rings is 1. The molecular weight excluding hydrogens is 302 g/mol. The summed E-state index contributed by atoms with van der Waals surface area (Å²) in [6.45, 7) is 7.05. The molecule has 3 rings (SSSR count). The van der Waals surface area contributed by atoms with Crippen LogP contribution in [0.3, 0.4) is 0 Å². The van der Waals surface area contributed by atoms with Crippen LogP contribution in [0.5, 0.6) is 0 Å². The molecular formula is C19H23N3O2. The van der Waals surface area contributed by atoms with Gasteiger partial charge in [0.15, 0.2) is 0 Å². The molecule has 0 N–H and O–H groups in total. The Morgan fingerprint density at radius 1 is 1.08 bits per heavy atom. The molecule has 1 aliphatic rings. The summed E-state index contributed by atoms with van der Waals surface area (Å²) in [6, 6.07) is 5.49. The Kier molecular flexibility index (Phi) is 4.60. The molecule has 2 aromatic rings. The molecule has 0 unspecified atom stereocenters. The number of carbonyl (C=O) groups excluding carboxylic acids is 2. The molecule has 0 atom stereocenters. The first-order valence-electron chi connectivity index (χ1n) is 8.56. The maximum Gasteiger partial charge on any atom is 0.253 e. The summed E-state index contributed by atoms with van der Waals surface area (Å²) >= 11 is 0. The molecule has 0 spiro atoms. The fraction of sp³-hybridized carbons (Fsp3) is 0.474. The normalized spacial score (nSPS) is 15.7. The first-order valence-corrected chi connectivity index (χ1v) is 8.56. The van der Waals surface area contributed by atoms with Crippen LogP contribution in [-0.4, -0.2) is 39.6 Å². The Morgan fingerprint density at radius 3 is 2.33 bits per heavy atom. The number of nitrogens with zero attached hydrogens (tertiary/aromatic N) is 3. The Labute approximate surface area is 142 Å². The van der Waals surface area contributed by atoms with Crippen molar-refractivity contribution in [3.05, 3.63) is 35.2 Å². The van der Waals surface area contributed by atoms with Gasteiger partial charge in [0.25, 0.3) is 5.91 Å². The van der Waals surface area contributed by atoms with Crippen LogP contribution in [0.15, 0.2) is 18.2 Å². The smallest absolute Gasteiger partial charge is 0.253 e. The molecule has 1 amide bonds. The highest BCUT2D eigenvalue weighted by Crippen LogP contribution is 2.22. The average molecular weight is 325 g/mol. The molecule has 1 fully saturated rings. The van der Waals surface area contributed by atoms with Crippen LogP contribution in [0.1, 0.15) is 47.9 Å². The summed E-state index contributed by atoms with van der Waals surface area (Å²) in [6.07, 6.45) is 2.12. The second kappa shape index (κ2) is 6.67. The number of rotatable bonds is 3. The van der Waals surface area contributed by atoms with Crippen molar-refractivity contribution in [1.29, 1.82) is 0 Å². The lowest BCUT2D eigenvalue weighted by Gasteiger charge is -2.31. The van der Waals surface area contributed by atoms with Gasteiger partial charge in [0, 0.05) is 31.0 Å². The van der Waals surface area contributed by atoms with Gasteiger partial charge in [-0.3, -0.25) is 9.59 Å². The number of hydrogen-bond donors (Lipinski definition) is 0. The number of amides is 1. The Balaban J connectivity index is 1.77. The second-order valence-electron chi connectivity index (χ2n) is 6.48. The van der Waals surface area contributed by atoms with Crippen molar-refractivity contribution in [2.75, 3.05) is 13.1 Å². The lowest BCUT2D eigenvalue weighted by molar-refractivity contribution is -0.123. The fourth-order valence-electron chi connectivity index (χ4n) is 3.24. The highest BCUT2D eigenvalue weighted by molar-refractivity contribution is 5.97. The van der Waals surface area contributed by atoms with E-state index in [1.54, 1.807) is 0 Å². The van der Waals surface area contributed by atoms with Crippen molar-refractivity contribution in [3.8, 4) is 0 Å². The Morgan fingerprint density at radius 2 is 1.71 bits per heavy atom. The number of aryl methyl sites for hydroxylation is 2. The van der Waals surface area contributed by atoms with Crippen LogP contribution in [0, 0.1) is 19.8 Å². The minimum Gasteiger partial charge on any atom is -0.339 e. The third-order valence-corrected chi connectivity index (χ3v) is 4.91. The van der Waals surface area contributed by atoms with Gasteiger partial charge in [-0.05, 0) is 44.9 Å². The SMILES string of the molecule is CCC(=O)C1CCN(C(=O)c2ccc3nc(C)c(C)nc3c2)CC1. The predicted molar refractivity (Wildman–Crippen MR) is 92.9 cm³/mol. The summed E-state index contributed by atoms with van der Waals surface area (Å²) in [5.74, 6) is 0.445. The van der Waals surface area contributed by atoms with E-state index in [2.05, 4.69) is 9.97 Å². The highest BCUT2D eigenvalue weighted by atomic mass is 16.2. The lowest BCUT2D eigenvalue weighted by Crippen LogP contribution is -2.40. The number of hydrogen-bond acceptors (Lipinski definition) is 4. The van der Waals surface area contributed by atoms with Crippen molar-refractivity contribution in [2.24, 2.45) is 5.92 Å². The van der Waals surface area contributed by atoms with E-state index in [0.717, 1.165) is 35.3 Å². The lowest BCUT2D eigenvalue weighted by atomic mass is 9.91. The molecule has 0 saturated carbocycles. The van der Waals surface area contributed by atoms with Crippen molar-refractivity contribution in [2.45, 2.75) is 40.0 Å². The average Bonchev–Trinajstić information content (AvgIpc) is 2.61. The summed E-state index contributed by atoms with van der Waals surface area (Å²) in [5, 5.41) is 0. The van der Waals surface area contributed by atoms with E-state index in [-0.39, 0.29) is 11.8 Å². The van der Waals surface area contributed by atoms with Crippen molar-refractivity contribution < 1.29 is 9.59 Å². The van der Waals surface area contributed by atoms with Gasteiger partial charge in [0.2, 0.25) is 0 Å². The minimum atomic E-state index is 0.0133. The van der Waals surface area contributed by atoms with Crippen LogP contribution < -0.4 is 0 Å². The van der Waals surface area contributed by atoms with Gasteiger partial charge in [-0.25, -0.2) is 9.97 Å². The largest absolute Gasteiger partial charge is 0.339 e. The van der Waals surface area contributed by atoms with E-state index in [9.17, 15) is 9.59 Å². The van der Waals surface area contributed by atoms with Crippen LogP contribution in [0.4, 0.5) is 0 Å². The van der Waals surface area contributed by atoms with Gasteiger partial charge >= 0.3 is 0 Å². The third kappa shape index (κ3) is 3.16. The quantitative estimate of drug-likeness (QED) is 0.870. The van der Waals surface area contributed by atoms with E-state index >= 15 is 0 Å². The number of fused-ring (bicyclic) bond motifs is 1. The second-order valence-corrected chi connectivity index (χ2v) is 6.48. The van der Waals surface area contributed by atoms with Crippen molar-refractivity contribution >= 4 is 22.7 Å². The van der Waals surface area contributed by atoms with Crippen LogP contribution in [-0.2, 0) is 4.79 Å². The molecule has 1 saturated heterocycles. The minimum absolute atomic E-state index is 0.0133. The molecule has 0 bridgehead atoms. The number of ketones is 1. The molecule has 1 aliphatic heterocycles. The number of Topliss-reactive ketones (excluding diaryl/α,β-unsaturated/α-hetero) is 1. The fourth-order valence-corrected chi connectivity index (χ4v) is 3.24. The summed E-state index contributed by atoms with van der Waals surface area (Å²) in [5.41, 5.74) is 3.98. The Hall–Kier alpha value is -2.30. The molecule has 5 heteroatoms. The first kappa shape index (κ1) is 16.6. The molecule has 126 valence electrons. The van der Waals surface area contributed by atoms with Gasteiger partial charge in [-0.2, -0.15) is 0 Å². The number of piperidine rings is 1. The molecule has 24 heavy (non-hydrogen) atoms. The monoisotopic (exact) mass is 325 g/mol. The number of likely N-dealkylation sites (tertiary alicyclic amines) is 1. The van der Waals surface area contributed by atoms with Crippen molar-refractivity contribution in [3.63, 3.8) is 0 Å². The summed E-state index contributed by atoms with van der Waals surface area (Å²) < 4.78 is 0. The zero-order chi connectivity index (χ0) is 17.3. The molecule has 0 aliphatic carbocycles. The summed E-state index contributed by atoms with van der Waals surface area (Å²) in [7, 11) is 0. The molecule has 1 aromatic heterocycles. The van der Waals surface area contributed by atoms with Gasteiger partial charge in [0.1, 0.15) is 5.78 Å². The van der Waals surface area contributed by atoms with Crippen LogP contribution >= 0.6 is 0 Å². The third-order valence-electron chi connectivity index (χ3n) is 4.91. The van der Waals surface area contributed by atoms with E-state index in [4.69, 9.17) is 0 Å². The molecule has 5 nitrogen and oxygen atoms in total. The molecule has 2 heterocycles. The predicted octanol–water partition coefficient (Wildman–Crippen LogP) is 3.08. The van der Waals surface area contributed by atoms with E-state index < -0.39 is 0 Å². The molecule has 1 aromatic carbocycles. The number of carbonyl (C=O) groups is 2. The van der Waals surface area contributed by atoms with Gasteiger partial charge < -0.3 is 4.90 Å². The van der Waals surface area contributed by atoms with Gasteiger partial charge in [-0.15, -0.1) is 0 Å². The van der Waals surface area contributed by atoms with Crippen molar-refractivity contribution in [1.82, 2.24) is 14.9 Å². The van der Waals surface area contributed by atoms with E-state index in [1.165, 1.54) is 0 Å². The van der Waals surface area contributed by atoms with E-state index in [1.807, 2.05) is 43.9 Å². The standard InChI is InChI=1S/C19H23N3O2/c1-4-18(23)14-7-9-22(10-8-14)19(24)15-5-6-16-17(11-15)21-13(3)12(2)20-16/h5-6,11,14H,4,7-10H2,1-3H3. The highest BCUT2D eigenvalue weighted by Gasteiger charge is 2.27. The summed E-state index contributed by atoms with van der Waals surface area (Å²) in [4.78, 5) is 35.4. The zero-order valence-corrected chi connectivity index (χ0v) is 14.5. The van der Waals surface area contributed by atoms with Gasteiger partial charge in [0.05, 0.1) is 22.4 Å². The van der Waals surface area contributed by atoms with Crippen LogP contribution in [0.2, 0.25) is 0 Å². The maximum absolute atomic E-state index is 12.7. The zero-order valence-electron chi connectivity index (χ0n) is 14.5. The maximum atomic E-state index is 12.7. The number of aromatic nitrogens is 2. The van der Waals surface area contributed by atoms with Crippen LogP contribution in [0.25, 0.3) is 11.0 Å².